The largest absolute Gasteiger partial charge is 0.358 e. The van der Waals surface area contributed by atoms with Crippen LogP contribution < -0.4 is 10.2 Å². The van der Waals surface area contributed by atoms with Crippen molar-refractivity contribution in [3.05, 3.63) is 64.7 Å². The zero-order valence-electron chi connectivity index (χ0n) is 12.0. The summed E-state index contributed by atoms with van der Waals surface area (Å²) in [6.07, 6.45) is 0. The SMILES string of the molecule is CNC(=O)CN1C(=O)C(c2ccccc2)c2cc(Cl)ccc21. The smallest absolute Gasteiger partial charge is 0.239 e. The molecule has 3 rings (SSSR count). The molecule has 1 atom stereocenters. The molecule has 2 aromatic rings. The molecule has 0 bridgehead atoms. The molecule has 5 heteroatoms. The lowest BCUT2D eigenvalue weighted by Gasteiger charge is -2.17. The van der Waals surface area contributed by atoms with E-state index >= 15 is 0 Å². The second kappa shape index (κ2) is 5.81. The minimum Gasteiger partial charge on any atom is -0.358 e. The van der Waals surface area contributed by atoms with Gasteiger partial charge in [-0.15, -0.1) is 0 Å². The van der Waals surface area contributed by atoms with Crippen LogP contribution in [0.25, 0.3) is 0 Å². The van der Waals surface area contributed by atoms with Crippen LogP contribution in [0.1, 0.15) is 17.0 Å². The van der Waals surface area contributed by atoms with E-state index in [4.69, 9.17) is 11.6 Å². The molecule has 0 saturated carbocycles. The van der Waals surface area contributed by atoms with Crippen molar-refractivity contribution < 1.29 is 9.59 Å². The van der Waals surface area contributed by atoms with Crippen molar-refractivity contribution in [2.24, 2.45) is 0 Å². The molecular formula is C17H15ClN2O2. The Morgan fingerprint density at radius 2 is 1.95 bits per heavy atom. The highest BCUT2D eigenvalue weighted by atomic mass is 35.5. The first-order valence-corrected chi connectivity index (χ1v) is 7.36. The zero-order chi connectivity index (χ0) is 15.7. The lowest BCUT2D eigenvalue weighted by Crippen LogP contribution is -2.38. The number of benzene rings is 2. The van der Waals surface area contributed by atoms with E-state index in [1.807, 2.05) is 30.3 Å². The Morgan fingerprint density at radius 3 is 2.64 bits per heavy atom. The van der Waals surface area contributed by atoms with Crippen LogP contribution in [0.15, 0.2) is 48.5 Å². The van der Waals surface area contributed by atoms with Gasteiger partial charge >= 0.3 is 0 Å². The maximum atomic E-state index is 12.8. The van der Waals surface area contributed by atoms with Gasteiger partial charge < -0.3 is 10.2 Å². The molecule has 112 valence electrons. The fourth-order valence-electron chi connectivity index (χ4n) is 2.76. The van der Waals surface area contributed by atoms with Crippen LogP contribution in [0.2, 0.25) is 5.02 Å². The van der Waals surface area contributed by atoms with E-state index in [9.17, 15) is 9.59 Å². The molecule has 1 N–H and O–H groups in total. The van der Waals surface area contributed by atoms with E-state index in [-0.39, 0.29) is 18.4 Å². The molecule has 1 heterocycles. The second-order valence-electron chi connectivity index (χ2n) is 5.14. The van der Waals surface area contributed by atoms with Gasteiger partial charge in [-0.25, -0.2) is 0 Å². The molecule has 1 aliphatic rings. The summed E-state index contributed by atoms with van der Waals surface area (Å²) in [6.45, 7) is 0.00724. The minimum atomic E-state index is -0.417. The number of fused-ring (bicyclic) bond motifs is 1. The molecule has 22 heavy (non-hydrogen) atoms. The van der Waals surface area contributed by atoms with Gasteiger partial charge in [-0.1, -0.05) is 41.9 Å². The second-order valence-corrected chi connectivity index (χ2v) is 5.58. The highest BCUT2D eigenvalue weighted by Gasteiger charge is 2.38. The number of hydrogen-bond acceptors (Lipinski definition) is 2. The summed E-state index contributed by atoms with van der Waals surface area (Å²) < 4.78 is 0. The molecule has 1 aliphatic heterocycles. The average Bonchev–Trinajstić information content (AvgIpc) is 2.79. The third-order valence-corrected chi connectivity index (χ3v) is 4.05. The van der Waals surface area contributed by atoms with Gasteiger partial charge in [0.1, 0.15) is 6.54 Å². The van der Waals surface area contributed by atoms with Crippen LogP contribution in [0.4, 0.5) is 5.69 Å². The molecule has 0 spiro atoms. The fourth-order valence-corrected chi connectivity index (χ4v) is 2.94. The van der Waals surface area contributed by atoms with E-state index in [1.54, 1.807) is 25.2 Å². The van der Waals surface area contributed by atoms with Gasteiger partial charge in [-0.2, -0.15) is 0 Å². The van der Waals surface area contributed by atoms with Crippen molar-refractivity contribution in [3.8, 4) is 0 Å². The standard InChI is InChI=1S/C17H15ClN2O2/c1-19-15(21)10-20-14-8-7-12(18)9-13(14)16(17(20)22)11-5-3-2-4-6-11/h2-9,16H,10H2,1H3,(H,19,21). The number of amides is 2. The van der Waals surface area contributed by atoms with Crippen molar-refractivity contribution in [1.29, 1.82) is 0 Å². The number of anilines is 1. The van der Waals surface area contributed by atoms with Crippen molar-refractivity contribution in [3.63, 3.8) is 0 Å². The third kappa shape index (κ3) is 2.46. The summed E-state index contributed by atoms with van der Waals surface area (Å²) in [5, 5.41) is 3.13. The Balaban J connectivity index is 2.08. The summed E-state index contributed by atoms with van der Waals surface area (Å²) in [6, 6.07) is 14.9. The molecule has 2 aromatic carbocycles. The number of nitrogens with one attached hydrogen (secondary N) is 1. The first-order chi connectivity index (χ1) is 10.6. The monoisotopic (exact) mass is 314 g/mol. The van der Waals surface area contributed by atoms with Gasteiger partial charge in [-0.05, 0) is 29.3 Å². The molecule has 1 unspecified atom stereocenters. The predicted octanol–water partition coefficient (Wildman–Crippen LogP) is 2.56. The number of carbonyl (C=O) groups excluding carboxylic acids is 2. The number of likely N-dealkylation sites (N-methyl/N-ethyl adjacent to an activating group) is 1. The van der Waals surface area contributed by atoms with Crippen LogP contribution in [0.3, 0.4) is 0 Å². The lowest BCUT2D eigenvalue weighted by molar-refractivity contribution is -0.123. The molecule has 2 amide bonds. The van der Waals surface area contributed by atoms with Crippen LogP contribution in [0, 0.1) is 0 Å². The van der Waals surface area contributed by atoms with E-state index < -0.39 is 5.92 Å². The third-order valence-electron chi connectivity index (χ3n) is 3.82. The summed E-state index contributed by atoms with van der Waals surface area (Å²) in [4.78, 5) is 26.0. The van der Waals surface area contributed by atoms with Crippen molar-refractivity contribution in [2.75, 3.05) is 18.5 Å². The van der Waals surface area contributed by atoms with Crippen LogP contribution >= 0.6 is 11.6 Å². The molecule has 0 aliphatic carbocycles. The molecular weight excluding hydrogens is 300 g/mol. The minimum absolute atomic E-state index is 0.00724. The van der Waals surface area contributed by atoms with Crippen LogP contribution in [-0.4, -0.2) is 25.4 Å². The Labute approximate surface area is 133 Å². The average molecular weight is 315 g/mol. The normalized spacial score (nSPS) is 16.5. The Hall–Kier alpha value is -2.33. The summed E-state index contributed by atoms with van der Waals surface area (Å²) in [5.41, 5.74) is 2.48. The number of carbonyl (C=O) groups is 2. The maximum absolute atomic E-state index is 12.8. The van der Waals surface area contributed by atoms with Gasteiger partial charge in [0.25, 0.3) is 0 Å². The van der Waals surface area contributed by atoms with Crippen molar-refractivity contribution >= 4 is 29.1 Å². The highest BCUT2D eigenvalue weighted by Crippen LogP contribution is 2.42. The van der Waals surface area contributed by atoms with E-state index in [2.05, 4.69) is 5.32 Å². The number of halogens is 1. The number of hydrogen-bond donors (Lipinski definition) is 1. The fraction of sp³-hybridized carbons (Fsp3) is 0.176. The Bertz CT molecular complexity index is 731. The van der Waals surface area contributed by atoms with Gasteiger partial charge in [-0.3, -0.25) is 9.59 Å². The lowest BCUT2D eigenvalue weighted by atomic mass is 9.93. The van der Waals surface area contributed by atoms with Crippen LogP contribution in [-0.2, 0) is 9.59 Å². The zero-order valence-corrected chi connectivity index (χ0v) is 12.8. The first-order valence-electron chi connectivity index (χ1n) is 6.98. The summed E-state index contributed by atoms with van der Waals surface area (Å²) >= 11 is 6.10. The van der Waals surface area contributed by atoms with Crippen LogP contribution in [0.5, 0.6) is 0 Å². The Morgan fingerprint density at radius 1 is 1.23 bits per heavy atom. The topological polar surface area (TPSA) is 49.4 Å². The quantitative estimate of drug-likeness (QED) is 0.946. The molecule has 4 nitrogen and oxygen atoms in total. The molecule has 0 saturated heterocycles. The van der Waals surface area contributed by atoms with Gasteiger partial charge in [0, 0.05) is 17.8 Å². The number of nitrogens with zero attached hydrogens (tertiary/aromatic N) is 1. The van der Waals surface area contributed by atoms with E-state index in [0.717, 1.165) is 16.8 Å². The van der Waals surface area contributed by atoms with Gasteiger partial charge in [0.2, 0.25) is 11.8 Å². The van der Waals surface area contributed by atoms with E-state index in [0.29, 0.717) is 5.02 Å². The van der Waals surface area contributed by atoms with Crippen molar-refractivity contribution in [1.82, 2.24) is 5.32 Å². The highest BCUT2D eigenvalue weighted by molar-refractivity contribution is 6.31. The predicted molar refractivity (Wildman–Crippen MR) is 86.2 cm³/mol. The van der Waals surface area contributed by atoms with Crippen molar-refractivity contribution in [2.45, 2.75) is 5.92 Å². The maximum Gasteiger partial charge on any atom is 0.239 e. The molecule has 0 aromatic heterocycles. The Kier molecular flexibility index (Phi) is 3.86. The van der Waals surface area contributed by atoms with E-state index in [1.165, 1.54) is 4.90 Å². The summed E-state index contributed by atoms with van der Waals surface area (Å²) in [5.74, 6) is -0.727. The van der Waals surface area contributed by atoms with Gasteiger partial charge in [0.15, 0.2) is 0 Å². The first kappa shape index (κ1) is 14.6. The summed E-state index contributed by atoms with van der Waals surface area (Å²) in [7, 11) is 1.56. The molecule has 0 radical (unpaired) electrons. The molecule has 0 fully saturated rings. The number of rotatable bonds is 3. The van der Waals surface area contributed by atoms with Gasteiger partial charge in [0.05, 0.1) is 5.92 Å².